The van der Waals surface area contributed by atoms with Gasteiger partial charge in [0.15, 0.2) is 0 Å². The highest BCUT2D eigenvalue weighted by Crippen LogP contribution is 2.36. The van der Waals surface area contributed by atoms with Crippen LogP contribution in [0.2, 0.25) is 0 Å². The second kappa shape index (κ2) is 8.13. The molecule has 1 rings (SSSR count). The van der Waals surface area contributed by atoms with Gasteiger partial charge >= 0.3 is 0 Å². The fourth-order valence-corrected chi connectivity index (χ4v) is 3.02. The summed E-state index contributed by atoms with van der Waals surface area (Å²) in [5, 5.41) is 3.31. The molecule has 0 aromatic rings. The van der Waals surface area contributed by atoms with E-state index < -0.39 is 0 Å². The monoisotopic (exact) mass is 257 g/mol. The molecular weight excluding hydrogens is 226 g/mol. The molecule has 0 aromatic carbocycles. The fourth-order valence-electron chi connectivity index (χ4n) is 3.02. The van der Waals surface area contributed by atoms with Crippen molar-refractivity contribution in [2.45, 2.75) is 64.6 Å². The topological polar surface area (TPSA) is 30.5 Å². The summed E-state index contributed by atoms with van der Waals surface area (Å²) in [5.74, 6) is 0.903. The summed E-state index contributed by atoms with van der Waals surface area (Å²) in [7, 11) is 2.02. The first-order valence-electron chi connectivity index (χ1n) is 7.56. The maximum atomic E-state index is 6.33. The van der Waals surface area contributed by atoms with E-state index in [-0.39, 0.29) is 11.7 Å². The predicted octanol–water partition coefficient (Wildman–Crippen LogP) is 2.99. The van der Waals surface area contributed by atoms with Crippen molar-refractivity contribution in [2.24, 2.45) is 5.92 Å². The van der Waals surface area contributed by atoms with Crippen LogP contribution in [0.15, 0.2) is 0 Å². The first-order chi connectivity index (χ1) is 8.65. The molecular formula is C15H31NO2. The molecule has 18 heavy (non-hydrogen) atoms. The van der Waals surface area contributed by atoms with E-state index in [0.29, 0.717) is 6.61 Å². The van der Waals surface area contributed by atoms with E-state index in [1.807, 2.05) is 14.0 Å². The van der Waals surface area contributed by atoms with Gasteiger partial charge in [0.1, 0.15) is 0 Å². The Morgan fingerprint density at radius 1 is 1.28 bits per heavy atom. The minimum absolute atomic E-state index is 0.0386. The van der Waals surface area contributed by atoms with E-state index in [2.05, 4.69) is 19.2 Å². The first-order valence-corrected chi connectivity index (χ1v) is 7.56. The molecule has 108 valence electrons. The summed E-state index contributed by atoms with van der Waals surface area (Å²) in [6.45, 7) is 8.89. The van der Waals surface area contributed by atoms with Crippen molar-refractivity contribution < 1.29 is 9.47 Å². The predicted molar refractivity (Wildman–Crippen MR) is 75.9 cm³/mol. The van der Waals surface area contributed by atoms with Crippen molar-refractivity contribution in [2.75, 3.05) is 26.8 Å². The van der Waals surface area contributed by atoms with E-state index in [0.717, 1.165) is 19.1 Å². The first kappa shape index (κ1) is 15.9. The van der Waals surface area contributed by atoms with Gasteiger partial charge < -0.3 is 14.8 Å². The van der Waals surface area contributed by atoms with Crippen molar-refractivity contribution in [3.8, 4) is 0 Å². The number of rotatable bonds is 8. The molecule has 1 aliphatic rings. The summed E-state index contributed by atoms with van der Waals surface area (Å²) in [6.07, 6.45) is 6.48. The molecule has 0 aliphatic heterocycles. The van der Waals surface area contributed by atoms with Crippen molar-refractivity contribution in [1.82, 2.24) is 5.32 Å². The van der Waals surface area contributed by atoms with Crippen molar-refractivity contribution in [1.29, 1.82) is 0 Å². The SMILES string of the molecule is CCOCC(C)OC1(CNC)CCC(CC)CC1. The van der Waals surface area contributed by atoms with Gasteiger partial charge in [-0.25, -0.2) is 0 Å². The third-order valence-corrected chi connectivity index (χ3v) is 4.10. The lowest BCUT2D eigenvalue weighted by Crippen LogP contribution is -2.47. The molecule has 0 spiro atoms. The molecule has 0 heterocycles. The minimum atomic E-state index is 0.0386. The van der Waals surface area contributed by atoms with E-state index in [1.54, 1.807) is 0 Å². The maximum absolute atomic E-state index is 6.33. The standard InChI is InChI=1S/C15H31NO2/c1-5-14-7-9-15(10-8-14,12-16-4)18-13(3)11-17-6-2/h13-14,16H,5-12H2,1-4H3. The van der Waals surface area contributed by atoms with Gasteiger partial charge in [-0.15, -0.1) is 0 Å². The molecule has 3 heteroatoms. The Hall–Kier alpha value is -0.120. The molecule has 3 nitrogen and oxygen atoms in total. The molecule has 0 aromatic heterocycles. The smallest absolute Gasteiger partial charge is 0.0811 e. The van der Waals surface area contributed by atoms with Crippen LogP contribution in [0.5, 0.6) is 0 Å². The van der Waals surface area contributed by atoms with E-state index in [9.17, 15) is 0 Å². The lowest BCUT2D eigenvalue weighted by Gasteiger charge is -2.41. The normalized spacial score (nSPS) is 30.3. The van der Waals surface area contributed by atoms with Gasteiger partial charge in [-0.3, -0.25) is 0 Å². The second-order valence-corrected chi connectivity index (χ2v) is 5.65. The molecule has 0 bridgehead atoms. The molecule has 1 fully saturated rings. The molecule has 1 N–H and O–H groups in total. The van der Waals surface area contributed by atoms with Crippen LogP contribution in [0.3, 0.4) is 0 Å². The van der Waals surface area contributed by atoms with Gasteiger partial charge in [-0.05, 0) is 52.5 Å². The zero-order chi connectivity index (χ0) is 13.4. The minimum Gasteiger partial charge on any atom is -0.379 e. The van der Waals surface area contributed by atoms with Crippen LogP contribution in [0.25, 0.3) is 0 Å². The number of likely N-dealkylation sites (N-methyl/N-ethyl adjacent to an activating group) is 1. The van der Waals surface area contributed by atoms with Crippen LogP contribution in [0.1, 0.15) is 52.9 Å². The number of ether oxygens (including phenoxy) is 2. The van der Waals surface area contributed by atoms with Gasteiger partial charge in [-0.2, -0.15) is 0 Å². The van der Waals surface area contributed by atoms with E-state index in [1.165, 1.54) is 32.1 Å². The second-order valence-electron chi connectivity index (χ2n) is 5.65. The quantitative estimate of drug-likeness (QED) is 0.725. The average molecular weight is 257 g/mol. The molecule has 0 amide bonds. The third kappa shape index (κ3) is 4.87. The summed E-state index contributed by atoms with van der Waals surface area (Å²) < 4.78 is 11.8. The molecule has 1 unspecified atom stereocenters. The van der Waals surface area contributed by atoms with Gasteiger partial charge in [0.05, 0.1) is 18.3 Å². The number of hydrogen-bond acceptors (Lipinski definition) is 3. The zero-order valence-electron chi connectivity index (χ0n) is 12.6. The largest absolute Gasteiger partial charge is 0.379 e. The summed E-state index contributed by atoms with van der Waals surface area (Å²) >= 11 is 0. The van der Waals surface area contributed by atoms with Crippen molar-refractivity contribution >= 4 is 0 Å². The summed E-state index contributed by atoms with van der Waals surface area (Å²) in [6, 6.07) is 0. The highest BCUT2D eigenvalue weighted by Gasteiger charge is 2.36. The lowest BCUT2D eigenvalue weighted by molar-refractivity contribution is -0.130. The van der Waals surface area contributed by atoms with Crippen LogP contribution in [0, 0.1) is 5.92 Å². The summed E-state index contributed by atoms with van der Waals surface area (Å²) in [4.78, 5) is 0. The Kier molecular flexibility index (Phi) is 7.20. The Morgan fingerprint density at radius 2 is 1.94 bits per heavy atom. The Labute approximate surface area is 113 Å². The summed E-state index contributed by atoms with van der Waals surface area (Å²) in [5.41, 5.74) is 0.0386. The van der Waals surface area contributed by atoms with Gasteiger partial charge in [0, 0.05) is 13.2 Å². The lowest BCUT2D eigenvalue weighted by atomic mass is 9.77. The Bertz CT molecular complexity index is 213. The van der Waals surface area contributed by atoms with Gasteiger partial charge in [0.2, 0.25) is 0 Å². The van der Waals surface area contributed by atoms with Crippen molar-refractivity contribution in [3.05, 3.63) is 0 Å². The average Bonchev–Trinajstić information content (AvgIpc) is 2.37. The Morgan fingerprint density at radius 3 is 2.44 bits per heavy atom. The molecule has 1 aliphatic carbocycles. The third-order valence-electron chi connectivity index (χ3n) is 4.10. The van der Waals surface area contributed by atoms with E-state index in [4.69, 9.17) is 9.47 Å². The molecule has 0 radical (unpaired) electrons. The maximum Gasteiger partial charge on any atom is 0.0811 e. The zero-order valence-corrected chi connectivity index (χ0v) is 12.6. The van der Waals surface area contributed by atoms with Crippen LogP contribution < -0.4 is 5.32 Å². The molecule has 0 saturated heterocycles. The number of hydrogen-bond donors (Lipinski definition) is 1. The fraction of sp³-hybridized carbons (Fsp3) is 1.00. The van der Waals surface area contributed by atoms with Crippen LogP contribution in [-0.4, -0.2) is 38.5 Å². The van der Waals surface area contributed by atoms with Crippen LogP contribution in [0.4, 0.5) is 0 Å². The highest BCUT2D eigenvalue weighted by molar-refractivity contribution is 4.89. The van der Waals surface area contributed by atoms with Crippen molar-refractivity contribution in [3.63, 3.8) is 0 Å². The van der Waals surface area contributed by atoms with E-state index >= 15 is 0 Å². The van der Waals surface area contributed by atoms with Gasteiger partial charge in [0.25, 0.3) is 0 Å². The highest BCUT2D eigenvalue weighted by atomic mass is 16.5. The van der Waals surface area contributed by atoms with Gasteiger partial charge in [-0.1, -0.05) is 13.3 Å². The Balaban J connectivity index is 2.48. The number of nitrogens with one attached hydrogen (secondary N) is 1. The van der Waals surface area contributed by atoms with Crippen LogP contribution in [-0.2, 0) is 9.47 Å². The molecule has 1 saturated carbocycles. The van der Waals surface area contributed by atoms with Crippen LogP contribution >= 0.6 is 0 Å². The molecule has 1 atom stereocenters.